The number of nitrogens with two attached hydrogens (primary N) is 1. The van der Waals surface area contributed by atoms with E-state index in [4.69, 9.17) is 5.73 Å². The van der Waals surface area contributed by atoms with Gasteiger partial charge in [0.05, 0.1) is 11.3 Å². The van der Waals surface area contributed by atoms with Crippen LogP contribution >= 0.6 is 22.7 Å². The van der Waals surface area contributed by atoms with Crippen molar-refractivity contribution in [3.8, 4) is 10.4 Å². The number of hydrogen-bond acceptors (Lipinski definition) is 5. The quantitative estimate of drug-likeness (QED) is 0.308. The molecule has 29 heavy (non-hydrogen) atoms. The monoisotopic (exact) mass is 440 g/mol. The Morgan fingerprint density at radius 1 is 1.10 bits per heavy atom. The van der Waals surface area contributed by atoms with E-state index < -0.39 is 34.9 Å². The molecule has 148 valence electrons. The zero-order chi connectivity index (χ0) is 20.9. The van der Waals surface area contributed by atoms with Gasteiger partial charge in [-0.15, -0.1) is 22.7 Å². The molecule has 0 saturated heterocycles. The lowest BCUT2D eigenvalue weighted by atomic mass is 10.0. The summed E-state index contributed by atoms with van der Waals surface area (Å²) in [6.45, 7) is 0. The largest absolute Gasteiger partial charge is 0.433 e. The van der Waals surface area contributed by atoms with Crippen molar-refractivity contribution in [2.75, 3.05) is 5.73 Å². The molecule has 0 radical (unpaired) electrons. The van der Waals surface area contributed by atoms with Crippen LogP contribution in [0.5, 0.6) is 0 Å². The molecule has 4 rings (SSSR count). The molecular formula is C19H9F5N2OS2. The van der Waals surface area contributed by atoms with Gasteiger partial charge in [0.25, 0.3) is 0 Å². The summed E-state index contributed by atoms with van der Waals surface area (Å²) in [6, 6.07) is 6.60. The molecule has 0 saturated carbocycles. The van der Waals surface area contributed by atoms with Crippen molar-refractivity contribution in [1.29, 1.82) is 0 Å². The average molecular weight is 440 g/mol. The van der Waals surface area contributed by atoms with Crippen LogP contribution < -0.4 is 5.73 Å². The first kappa shape index (κ1) is 19.5. The molecule has 0 spiro atoms. The second-order valence-corrected chi connectivity index (χ2v) is 7.96. The fourth-order valence-corrected chi connectivity index (χ4v) is 4.68. The minimum Gasteiger partial charge on any atom is -0.397 e. The molecule has 4 aromatic rings. The molecule has 2 N–H and O–H groups in total. The van der Waals surface area contributed by atoms with Gasteiger partial charge in [-0.1, -0.05) is 6.07 Å². The van der Waals surface area contributed by atoms with Crippen molar-refractivity contribution in [1.82, 2.24) is 4.98 Å². The zero-order valence-electron chi connectivity index (χ0n) is 14.2. The average Bonchev–Trinajstić information content (AvgIpc) is 3.28. The fraction of sp³-hybridized carbons (Fsp3) is 0.0526. The smallest absolute Gasteiger partial charge is 0.397 e. The van der Waals surface area contributed by atoms with Gasteiger partial charge >= 0.3 is 6.18 Å². The number of alkyl halides is 3. The Labute approximate surface area is 168 Å². The molecule has 0 bridgehead atoms. The lowest BCUT2D eigenvalue weighted by Gasteiger charge is -2.09. The second kappa shape index (κ2) is 6.89. The lowest BCUT2D eigenvalue weighted by molar-refractivity contribution is -0.140. The third-order valence-corrected chi connectivity index (χ3v) is 6.16. The highest BCUT2D eigenvalue weighted by molar-refractivity contribution is 7.21. The maximum absolute atomic E-state index is 14.0. The number of fused-ring (bicyclic) bond motifs is 1. The van der Waals surface area contributed by atoms with E-state index in [1.807, 2.05) is 0 Å². The number of anilines is 1. The molecule has 0 fully saturated rings. The third kappa shape index (κ3) is 3.38. The summed E-state index contributed by atoms with van der Waals surface area (Å²) < 4.78 is 67.1. The van der Waals surface area contributed by atoms with Crippen LogP contribution in [-0.2, 0) is 6.18 Å². The SMILES string of the molecule is Nc1c(C(=O)c2ccc(F)cc2F)sc2nc(C(F)(F)F)cc(-c3cccs3)c12. The summed E-state index contributed by atoms with van der Waals surface area (Å²) in [7, 11) is 0. The summed E-state index contributed by atoms with van der Waals surface area (Å²) in [5.74, 6) is -2.80. The Morgan fingerprint density at radius 3 is 2.48 bits per heavy atom. The lowest BCUT2D eigenvalue weighted by Crippen LogP contribution is -2.08. The van der Waals surface area contributed by atoms with Gasteiger partial charge in [-0.2, -0.15) is 13.2 Å². The highest BCUT2D eigenvalue weighted by atomic mass is 32.1. The van der Waals surface area contributed by atoms with Gasteiger partial charge in [0.15, 0.2) is 0 Å². The van der Waals surface area contributed by atoms with E-state index in [1.54, 1.807) is 17.5 Å². The van der Waals surface area contributed by atoms with E-state index in [0.717, 1.165) is 18.2 Å². The van der Waals surface area contributed by atoms with Crippen LogP contribution in [-0.4, -0.2) is 10.8 Å². The van der Waals surface area contributed by atoms with E-state index in [0.29, 0.717) is 22.3 Å². The van der Waals surface area contributed by atoms with Gasteiger partial charge in [-0.3, -0.25) is 4.79 Å². The molecule has 10 heteroatoms. The van der Waals surface area contributed by atoms with E-state index in [-0.39, 0.29) is 26.3 Å². The Bertz CT molecular complexity index is 1250. The van der Waals surface area contributed by atoms with Crippen molar-refractivity contribution < 1.29 is 26.7 Å². The maximum Gasteiger partial charge on any atom is 0.433 e. The van der Waals surface area contributed by atoms with Gasteiger partial charge in [0.2, 0.25) is 5.78 Å². The predicted octanol–water partition coefficient (Wildman–Crippen LogP) is 6.14. The number of thiophene rings is 2. The van der Waals surface area contributed by atoms with Crippen molar-refractivity contribution in [2.45, 2.75) is 6.18 Å². The van der Waals surface area contributed by atoms with Crippen LogP contribution in [0.3, 0.4) is 0 Å². The van der Waals surface area contributed by atoms with Crippen molar-refractivity contribution in [3.05, 3.63) is 69.5 Å². The second-order valence-electron chi connectivity index (χ2n) is 6.01. The van der Waals surface area contributed by atoms with E-state index in [1.165, 1.54) is 11.3 Å². The number of pyridine rings is 1. The number of nitrogens with zero attached hydrogens (tertiary/aromatic N) is 1. The fourth-order valence-electron chi connectivity index (χ4n) is 2.86. The van der Waals surface area contributed by atoms with Crippen LogP contribution in [0.4, 0.5) is 27.6 Å². The third-order valence-electron chi connectivity index (χ3n) is 4.16. The molecule has 3 nitrogen and oxygen atoms in total. The number of rotatable bonds is 3. The molecule has 0 amide bonds. The summed E-state index contributed by atoms with van der Waals surface area (Å²) in [5, 5.41) is 1.88. The number of carbonyl (C=O) groups is 1. The van der Waals surface area contributed by atoms with E-state index >= 15 is 0 Å². The van der Waals surface area contributed by atoms with E-state index in [9.17, 15) is 26.7 Å². The molecule has 0 unspecified atom stereocenters. The zero-order valence-corrected chi connectivity index (χ0v) is 15.8. The number of nitrogen functional groups attached to an aromatic ring is 1. The Morgan fingerprint density at radius 2 is 1.86 bits per heavy atom. The van der Waals surface area contributed by atoms with Crippen LogP contribution in [0.15, 0.2) is 41.8 Å². The molecule has 0 aliphatic rings. The molecular weight excluding hydrogens is 431 g/mol. The Balaban J connectivity index is 1.97. The highest BCUT2D eigenvalue weighted by Crippen LogP contribution is 2.44. The number of aromatic nitrogens is 1. The van der Waals surface area contributed by atoms with Crippen molar-refractivity contribution >= 4 is 44.4 Å². The van der Waals surface area contributed by atoms with Crippen LogP contribution in [0.25, 0.3) is 20.7 Å². The summed E-state index contributed by atoms with van der Waals surface area (Å²) in [4.78, 5) is 16.7. The van der Waals surface area contributed by atoms with E-state index in [2.05, 4.69) is 4.98 Å². The molecule has 0 atom stereocenters. The van der Waals surface area contributed by atoms with Crippen LogP contribution in [0.1, 0.15) is 20.9 Å². The minimum absolute atomic E-state index is 0.0911. The first-order valence-corrected chi connectivity index (χ1v) is 9.70. The number of benzene rings is 1. The maximum atomic E-state index is 14.0. The van der Waals surface area contributed by atoms with Gasteiger partial charge in [0.1, 0.15) is 27.0 Å². The molecule has 0 aliphatic heterocycles. The Hall–Kier alpha value is -2.85. The number of halogens is 5. The topological polar surface area (TPSA) is 56.0 Å². The number of carbonyl (C=O) groups excluding carboxylic acids is 1. The minimum atomic E-state index is -4.70. The van der Waals surface area contributed by atoms with Crippen molar-refractivity contribution in [2.24, 2.45) is 0 Å². The van der Waals surface area contributed by atoms with Gasteiger partial charge in [0, 0.05) is 21.9 Å². The predicted molar refractivity (Wildman–Crippen MR) is 102 cm³/mol. The first-order chi connectivity index (χ1) is 13.7. The van der Waals surface area contributed by atoms with Gasteiger partial charge in [-0.05, 0) is 29.6 Å². The van der Waals surface area contributed by atoms with Crippen LogP contribution in [0.2, 0.25) is 0 Å². The molecule has 3 heterocycles. The highest BCUT2D eigenvalue weighted by Gasteiger charge is 2.35. The summed E-state index contributed by atoms with van der Waals surface area (Å²) in [5.41, 5.74) is 4.63. The van der Waals surface area contributed by atoms with Crippen LogP contribution in [0, 0.1) is 11.6 Å². The molecule has 1 aromatic carbocycles. The summed E-state index contributed by atoms with van der Waals surface area (Å²) >= 11 is 1.84. The van der Waals surface area contributed by atoms with Crippen molar-refractivity contribution in [3.63, 3.8) is 0 Å². The molecule has 3 aromatic heterocycles. The summed E-state index contributed by atoms with van der Waals surface area (Å²) in [6.07, 6.45) is -4.70. The Kier molecular flexibility index (Phi) is 4.62. The van der Waals surface area contributed by atoms with Gasteiger partial charge in [-0.25, -0.2) is 13.8 Å². The first-order valence-electron chi connectivity index (χ1n) is 8.00. The van der Waals surface area contributed by atoms with Gasteiger partial charge < -0.3 is 5.73 Å². The number of ketones is 1. The number of hydrogen-bond donors (Lipinski definition) is 1. The normalized spacial score (nSPS) is 11.9. The standard InChI is InChI=1S/C19H9F5N2OS2/c20-8-3-4-9(11(21)6-8)16(27)17-15(25)14-10(12-2-1-5-28-12)7-13(19(22,23)24)26-18(14)29-17/h1-7H,25H2. The molecule has 0 aliphatic carbocycles.